The van der Waals surface area contributed by atoms with Crippen molar-refractivity contribution < 1.29 is 9.59 Å². The monoisotopic (exact) mass is 336 g/mol. The Labute approximate surface area is 148 Å². The van der Waals surface area contributed by atoms with Crippen molar-refractivity contribution >= 4 is 17.5 Å². The summed E-state index contributed by atoms with van der Waals surface area (Å²) in [5.41, 5.74) is 3.14. The number of nitrogens with zero attached hydrogens (tertiary/aromatic N) is 1. The van der Waals surface area contributed by atoms with Crippen LogP contribution in [0.4, 0.5) is 5.69 Å². The molecule has 1 saturated heterocycles. The number of carbonyl (C=O) groups is 2. The number of amides is 2. The van der Waals surface area contributed by atoms with E-state index in [1.807, 2.05) is 55.5 Å². The zero-order chi connectivity index (χ0) is 17.8. The first-order chi connectivity index (χ1) is 12.1. The van der Waals surface area contributed by atoms with Crippen LogP contribution in [0.15, 0.2) is 54.6 Å². The molecule has 0 aliphatic carbocycles. The molecule has 1 heterocycles. The fourth-order valence-electron chi connectivity index (χ4n) is 3.23. The summed E-state index contributed by atoms with van der Waals surface area (Å²) in [7, 11) is 0. The third-order valence-corrected chi connectivity index (χ3v) is 4.78. The summed E-state index contributed by atoms with van der Waals surface area (Å²) in [5.74, 6) is -0.344. The molecule has 2 amide bonds. The van der Waals surface area contributed by atoms with E-state index in [2.05, 4.69) is 18.3 Å². The molecule has 0 radical (unpaired) electrons. The fourth-order valence-corrected chi connectivity index (χ4v) is 3.23. The van der Waals surface area contributed by atoms with Crippen LogP contribution >= 0.6 is 0 Å². The molecule has 2 aromatic carbocycles. The van der Waals surface area contributed by atoms with E-state index in [-0.39, 0.29) is 30.2 Å². The Morgan fingerprint density at radius 1 is 1.20 bits per heavy atom. The van der Waals surface area contributed by atoms with Crippen molar-refractivity contribution in [3.63, 3.8) is 0 Å². The summed E-state index contributed by atoms with van der Waals surface area (Å²) in [6.07, 6.45) is 1.19. The maximum absolute atomic E-state index is 12.6. The molecule has 3 rings (SSSR count). The van der Waals surface area contributed by atoms with Crippen molar-refractivity contribution in [2.75, 3.05) is 11.4 Å². The van der Waals surface area contributed by atoms with Gasteiger partial charge in [-0.15, -0.1) is 0 Å². The SMILES string of the molecule is CCc1cccc(N2CC(C(=O)NC(C)c3ccccc3)CC2=O)c1. The summed E-state index contributed by atoms with van der Waals surface area (Å²) in [5, 5.41) is 3.04. The highest BCUT2D eigenvalue weighted by atomic mass is 16.2. The number of hydrogen-bond donors (Lipinski definition) is 1. The molecule has 0 saturated carbocycles. The normalized spacial score (nSPS) is 18.2. The lowest BCUT2D eigenvalue weighted by atomic mass is 10.1. The van der Waals surface area contributed by atoms with Gasteiger partial charge in [-0.3, -0.25) is 9.59 Å². The number of benzene rings is 2. The second-order valence-electron chi connectivity index (χ2n) is 6.57. The lowest BCUT2D eigenvalue weighted by molar-refractivity contribution is -0.126. The van der Waals surface area contributed by atoms with Gasteiger partial charge < -0.3 is 10.2 Å². The first kappa shape index (κ1) is 17.2. The lowest BCUT2D eigenvalue weighted by Crippen LogP contribution is -2.34. The third-order valence-electron chi connectivity index (χ3n) is 4.78. The first-order valence-corrected chi connectivity index (χ1v) is 8.83. The zero-order valence-corrected chi connectivity index (χ0v) is 14.7. The molecule has 2 aromatic rings. The Kier molecular flexibility index (Phi) is 5.17. The van der Waals surface area contributed by atoms with Crippen LogP contribution in [0.25, 0.3) is 0 Å². The minimum atomic E-state index is -0.302. The van der Waals surface area contributed by atoms with Crippen LogP contribution in [0.3, 0.4) is 0 Å². The predicted molar refractivity (Wildman–Crippen MR) is 99.3 cm³/mol. The number of carbonyl (C=O) groups excluding carboxylic acids is 2. The van der Waals surface area contributed by atoms with Crippen LogP contribution in [0.1, 0.15) is 37.4 Å². The van der Waals surface area contributed by atoms with Crippen LogP contribution < -0.4 is 10.2 Å². The maximum atomic E-state index is 12.6. The highest BCUT2D eigenvalue weighted by Crippen LogP contribution is 2.26. The molecule has 2 unspecified atom stereocenters. The molecular weight excluding hydrogens is 312 g/mol. The molecule has 1 N–H and O–H groups in total. The van der Waals surface area contributed by atoms with Gasteiger partial charge in [-0.1, -0.05) is 49.4 Å². The lowest BCUT2D eigenvalue weighted by Gasteiger charge is -2.19. The quantitative estimate of drug-likeness (QED) is 0.909. The Morgan fingerprint density at radius 3 is 2.68 bits per heavy atom. The summed E-state index contributed by atoms with van der Waals surface area (Å²) >= 11 is 0. The van der Waals surface area contributed by atoms with Crippen molar-refractivity contribution in [3.8, 4) is 0 Å². The van der Waals surface area contributed by atoms with Crippen molar-refractivity contribution in [1.82, 2.24) is 5.32 Å². The van der Waals surface area contributed by atoms with Crippen molar-refractivity contribution in [2.45, 2.75) is 32.7 Å². The van der Waals surface area contributed by atoms with Gasteiger partial charge in [-0.25, -0.2) is 0 Å². The van der Waals surface area contributed by atoms with E-state index in [0.29, 0.717) is 6.54 Å². The van der Waals surface area contributed by atoms with Gasteiger partial charge in [0.1, 0.15) is 0 Å². The van der Waals surface area contributed by atoms with Crippen LogP contribution in [0, 0.1) is 5.92 Å². The van der Waals surface area contributed by atoms with E-state index < -0.39 is 0 Å². The van der Waals surface area contributed by atoms with Crippen LogP contribution in [0.5, 0.6) is 0 Å². The smallest absolute Gasteiger partial charge is 0.227 e. The predicted octanol–water partition coefficient (Wildman–Crippen LogP) is 3.48. The molecule has 4 nitrogen and oxygen atoms in total. The molecular formula is C21H24N2O2. The largest absolute Gasteiger partial charge is 0.349 e. The topological polar surface area (TPSA) is 49.4 Å². The van der Waals surface area contributed by atoms with E-state index >= 15 is 0 Å². The Morgan fingerprint density at radius 2 is 1.96 bits per heavy atom. The molecule has 0 aromatic heterocycles. The summed E-state index contributed by atoms with van der Waals surface area (Å²) in [6, 6.07) is 17.8. The molecule has 25 heavy (non-hydrogen) atoms. The zero-order valence-electron chi connectivity index (χ0n) is 14.7. The summed E-state index contributed by atoms with van der Waals surface area (Å²) in [6.45, 7) is 4.50. The van der Waals surface area contributed by atoms with Gasteiger partial charge in [0.2, 0.25) is 11.8 Å². The molecule has 0 bridgehead atoms. The summed E-state index contributed by atoms with van der Waals surface area (Å²) < 4.78 is 0. The van der Waals surface area contributed by atoms with Crippen LogP contribution in [-0.4, -0.2) is 18.4 Å². The van der Waals surface area contributed by atoms with E-state index in [9.17, 15) is 9.59 Å². The van der Waals surface area contributed by atoms with Gasteiger partial charge in [-0.2, -0.15) is 0 Å². The molecule has 1 aliphatic heterocycles. The molecule has 4 heteroatoms. The average molecular weight is 336 g/mol. The first-order valence-electron chi connectivity index (χ1n) is 8.83. The number of nitrogens with one attached hydrogen (secondary N) is 1. The van der Waals surface area contributed by atoms with Gasteiger partial charge in [0.25, 0.3) is 0 Å². The second kappa shape index (κ2) is 7.51. The van der Waals surface area contributed by atoms with Gasteiger partial charge >= 0.3 is 0 Å². The number of rotatable bonds is 5. The highest BCUT2D eigenvalue weighted by molar-refractivity contribution is 6.00. The second-order valence-corrected chi connectivity index (χ2v) is 6.57. The maximum Gasteiger partial charge on any atom is 0.227 e. The molecule has 1 fully saturated rings. The van der Waals surface area contributed by atoms with E-state index in [1.165, 1.54) is 5.56 Å². The number of anilines is 1. The Balaban J connectivity index is 1.66. The van der Waals surface area contributed by atoms with Gasteiger partial charge in [-0.05, 0) is 36.6 Å². The molecule has 2 atom stereocenters. The third kappa shape index (κ3) is 3.90. The van der Waals surface area contributed by atoms with E-state index in [1.54, 1.807) is 4.90 Å². The van der Waals surface area contributed by atoms with E-state index in [4.69, 9.17) is 0 Å². The Hall–Kier alpha value is -2.62. The molecule has 1 aliphatic rings. The summed E-state index contributed by atoms with van der Waals surface area (Å²) in [4.78, 5) is 26.7. The number of aryl methyl sites for hydroxylation is 1. The molecule has 130 valence electrons. The van der Waals surface area contributed by atoms with Gasteiger partial charge in [0.05, 0.1) is 12.0 Å². The van der Waals surface area contributed by atoms with Crippen molar-refractivity contribution in [2.24, 2.45) is 5.92 Å². The minimum Gasteiger partial charge on any atom is -0.349 e. The average Bonchev–Trinajstić information content (AvgIpc) is 3.04. The van der Waals surface area contributed by atoms with Crippen LogP contribution in [-0.2, 0) is 16.0 Å². The van der Waals surface area contributed by atoms with Crippen LogP contribution in [0.2, 0.25) is 0 Å². The molecule has 0 spiro atoms. The van der Waals surface area contributed by atoms with Gasteiger partial charge in [0, 0.05) is 18.7 Å². The Bertz CT molecular complexity index is 758. The van der Waals surface area contributed by atoms with E-state index in [0.717, 1.165) is 17.7 Å². The standard InChI is InChI=1S/C21H24N2O2/c1-3-16-8-7-11-19(12-16)23-14-18(13-20(23)24)21(25)22-15(2)17-9-5-4-6-10-17/h4-12,15,18H,3,13-14H2,1-2H3,(H,22,25). The van der Waals surface area contributed by atoms with Gasteiger partial charge in [0.15, 0.2) is 0 Å². The fraction of sp³-hybridized carbons (Fsp3) is 0.333. The minimum absolute atomic E-state index is 0.0146. The van der Waals surface area contributed by atoms with Crippen molar-refractivity contribution in [1.29, 1.82) is 0 Å². The van der Waals surface area contributed by atoms with Crippen molar-refractivity contribution in [3.05, 3.63) is 65.7 Å². The highest BCUT2D eigenvalue weighted by Gasteiger charge is 2.35. The number of hydrogen-bond acceptors (Lipinski definition) is 2.